The monoisotopic (exact) mass is 412 g/mol. The highest BCUT2D eigenvalue weighted by molar-refractivity contribution is 9.10. The van der Waals surface area contributed by atoms with Crippen LogP contribution in [0.2, 0.25) is 5.15 Å². The van der Waals surface area contributed by atoms with Crippen LogP contribution >= 0.6 is 27.5 Å². The molecule has 10 heteroatoms. The van der Waals surface area contributed by atoms with Crippen LogP contribution in [0.4, 0.5) is 5.95 Å². The van der Waals surface area contributed by atoms with Gasteiger partial charge in [-0.2, -0.15) is 9.97 Å². The fourth-order valence-electron chi connectivity index (χ4n) is 2.56. The number of nitrogens with one attached hydrogen (secondary N) is 1. The summed E-state index contributed by atoms with van der Waals surface area (Å²) in [6.45, 7) is 3.97. The van der Waals surface area contributed by atoms with Gasteiger partial charge in [0.2, 0.25) is 5.95 Å². The van der Waals surface area contributed by atoms with Crippen LogP contribution in [0.1, 0.15) is 16.8 Å². The second-order valence-electron chi connectivity index (χ2n) is 5.22. The average Bonchev–Trinajstić information content (AvgIpc) is 2.82. The molecule has 0 bridgehead atoms. The summed E-state index contributed by atoms with van der Waals surface area (Å²) in [7, 11) is 1.59. The quantitative estimate of drug-likeness (QED) is 0.503. The van der Waals surface area contributed by atoms with E-state index in [2.05, 4.69) is 35.9 Å². The van der Waals surface area contributed by atoms with Crippen LogP contribution in [0.15, 0.2) is 9.40 Å². The normalized spacial score (nSPS) is 11.2. The molecule has 0 amide bonds. The Kier molecular flexibility index (Phi) is 4.22. The summed E-state index contributed by atoms with van der Waals surface area (Å²) in [6, 6.07) is 0. The van der Waals surface area contributed by atoms with Crippen LogP contribution in [0, 0.1) is 13.8 Å². The lowest BCUT2D eigenvalue weighted by Gasteiger charge is -2.14. The standard InChI is InChI=1S/C14H14BrClN6O2/c1-5-7(18-10(15)6(2)9(5)24-3)4-22-12-8(19-14(22)23)11(16)20-13(17)21-12/h4H2,1-3H3,(H,19,23)(H2,17,20,21). The van der Waals surface area contributed by atoms with Crippen molar-refractivity contribution in [2.45, 2.75) is 20.4 Å². The fourth-order valence-corrected chi connectivity index (χ4v) is 3.17. The molecule has 0 aliphatic carbocycles. The summed E-state index contributed by atoms with van der Waals surface area (Å²) >= 11 is 9.43. The SMILES string of the molecule is COc1c(C)c(Br)nc(Cn2c(=O)[nH]c3c(Cl)nc(N)nc32)c1C. The van der Waals surface area contributed by atoms with Crippen LogP contribution in [-0.2, 0) is 6.54 Å². The van der Waals surface area contributed by atoms with E-state index >= 15 is 0 Å². The number of rotatable bonds is 3. The van der Waals surface area contributed by atoms with Gasteiger partial charge in [0.15, 0.2) is 10.8 Å². The first kappa shape index (κ1) is 16.7. The smallest absolute Gasteiger partial charge is 0.328 e. The van der Waals surface area contributed by atoms with Gasteiger partial charge < -0.3 is 15.5 Å². The molecule has 3 aromatic heterocycles. The molecule has 3 aromatic rings. The molecule has 8 nitrogen and oxygen atoms in total. The summed E-state index contributed by atoms with van der Waals surface area (Å²) in [5.41, 5.74) is 8.33. The third-order valence-electron chi connectivity index (χ3n) is 3.76. The lowest BCUT2D eigenvalue weighted by molar-refractivity contribution is 0.406. The third kappa shape index (κ3) is 2.63. The van der Waals surface area contributed by atoms with Gasteiger partial charge in [-0.1, -0.05) is 11.6 Å². The predicted octanol–water partition coefficient (Wildman–Crippen LogP) is 2.19. The van der Waals surface area contributed by atoms with Crippen LogP contribution in [0.25, 0.3) is 11.2 Å². The van der Waals surface area contributed by atoms with Crippen molar-refractivity contribution in [3.63, 3.8) is 0 Å². The highest BCUT2D eigenvalue weighted by Crippen LogP contribution is 2.30. The number of hydrogen-bond donors (Lipinski definition) is 2. The van der Waals surface area contributed by atoms with Crippen LogP contribution < -0.4 is 16.2 Å². The van der Waals surface area contributed by atoms with Crippen molar-refractivity contribution >= 4 is 44.6 Å². The van der Waals surface area contributed by atoms with Gasteiger partial charge in [-0.15, -0.1) is 0 Å². The van der Waals surface area contributed by atoms with Crippen molar-refractivity contribution in [1.29, 1.82) is 0 Å². The molecule has 3 N–H and O–H groups in total. The number of nitrogens with two attached hydrogens (primary N) is 1. The summed E-state index contributed by atoms with van der Waals surface area (Å²) in [5.74, 6) is 0.708. The number of anilines is 1. The molecule has 0 atom stereocenters. The van der Waals surface area contributed by atoms with E-state index in [9.17, 15) is 4.79 Å². The highest BCUT2D eigenvalue weighted by atomic mass is 79.9. The number of ether oxygens (including phenoxy) is 1. The Balaban J connectivity index is 2.20. The maximum absolute atomic E-state index is 12.3. The molecule has 0 aliphatic heterocycles. The van der Waals surface area contributed by atoms with Gasteiger partial charge in [0.1, 0.15) is 15.9 Å². The number of fused-ring (bicyclic) bond motifs is 1. The van der Waals surface area contributed by atoms with E-state index in [0.717, 1.165) is 11.1 Å². The van der Waals surface area contributed by atoms with Gasteiger partial charge in [-0.3, -0.25) is 4.57 Å². The van der Waals surface area contributed by atoms with Crippen molar-refractivity contribution in [3.05, 3.63) is 37.1 Å². The second-order valence-corrected chi connectivity index (χ2v) is 6.33. The zero-order valence-electron chi connectivity index (χ0n) is 13.1. The van der Waals surface area contributed by atoms with Gasteiger partial charge in [-0.05, 0) is 29.8 Å². The van der Waals surface area contributed by atoms with Crippen LogP contribution in [0.3, 0.4) is 0 Å². The molecule has 3 rings (SSSR count). The highest BCUT2D eigenvalue weighted by Gasteiger charge is 2.18. The first-order chi connectivity index (χ1) is 11.3. The number of aromatic amines is 1. The van der Waals surface area contributed by atoms with E-state index in [1.165, 1.54) is 4.57 Å². The van der Waals surface area contributed by atoms with E-state index in [4.69, 9.17) is 22.1 Å². The molecule has 0 radical (unpaired) electrons. The first-order valence-electron chi connectivity index (χ1n) is 6.94. The number of hydrogen-bond acceptors (Lipinski definition) is 6. The minimum Gasteiger partial charge on any atom is -0.496 e. The summed E-state index contributed by atoms with van der Waals surface area (Å²) < 4.78 is 7.51. The lowest BCUT2D eigenvalue weighted by atomic mass is 10.1. The molecule has 0 saturated heterocycles. The Morgan fingerprint density at radius 2 is 2.00 bits per heavy atom. The summed E-state index contributed by atoms with van der Waals surface area (Å²) in [4.78, 5) is 27.4. The maximum Gasteiger partial charge on any atom is 0.328 e. The molecule has 0 aliphatic rings. The molecule has 0 spiro atoms. The van der Waals surface area contributed by atoms with E-state index in [1.807, 2.05) is 13.8 Å². The second kappa shape index (κ2) is 6.06. The summed E-state index contributed by atoms with van der Waals surface area (Å²) in [5, 5.41) is 0.0979. The number of imidazole rings is 1. The Morgan fingerprint density at radius 1 is 1.29 bits per heavy atom. The van der Waals surface area contributed by atoms with Crippen molar-refractivity contribution in [2.75, 3.05) is 12.8 Å². The molecule has 0 fully saturated rings. The Bertz CT molecular complexity index is 1010. The minimum atomic E-state index is -0.372. The molecule has 0 aromatic carbocycles. The Labute approximate surface area is 150 Å². The largest absolute Gasteiger partial charge is 0.496 e. The predicted molar refractivity (Wildman–Crippen MR) is 94.6 cm³/mol. The number of pyridine rings is 1. The fraction of sp³-hybridized carbons (Fsp3) is 0.286. The van der Waals surface area contributed by atoms with Gasteiger partial charge in [0.25, 0.3) is 0 Å². The Hall–Kier alpha value is -2.13. The van der Waals surface area contributed by atoms with Gasteiger partial charge >= 0.3 is 5.69 Å². The van der Waals surface area contributed by atoms with Gasteiger partial charge in [0.05, 0.1) is 19.3 Å². The zero-order valence-corrected chi connectivity index (χ0v) is 15.5. The van der Waals surface area contributed by atoms with E-state index in [-0.39, 0.29) is 23.3 Å². The average molecular weight is 414 g/mol. The van der Waals surface area contributed by atoms with Crippen molar-refractivity contribution in [3.8, 4) is 5.75 Å². The Morgan fingerprint density at radius 3 is 2.67 bits per heavy atom. The van der Waals surface area contributed by atoms with E-state index in [1.54, 1.807) is 7.11 Å². The molecular weight excluding hydrogens is 400 g/mol. The number of nitrogen functional groups attached to an aromatic ring is 1. The molecule has 126 valence electrons. The molecule has 24 heavy (non-hydrogen) atoms. The molecule has 3 heterocycles. The number of nitrogens with zero attached hydrogens (tertiary/aromatic N) is 4. The van der Waals surface area contributed by atoms with Crippen LogP contribution in [0.5, 0.6) is 5.75 Å². The lowest BCUT2D eigenvalue weighted by Crippen LogP contribution is -2.19. The number of H-pyrrole nitrogens is 1. The van der Waals surface area contributed by atoms with Crippen LogP contribution in [-0.4, -0.2) is 31.6 Å². The third-order valence-corrected chi connectivity index (χ3v) is 4.81. The van der Waals surface area contributed by atoms with E-state index < -0.39 is 0 Å². The van der Waals surface area contributed by atoms with E-state index in [0.29, 0.717) is 27.2 Å². The van der Waals surface area contributed by atoms with Gasteiger partial charge in [0, 0.05) is 11.1 Å². The molecular formula is C14H14BrClN6O2. The maximum atomic E-state index is 12.3. The van der Waals surface area contributed by atoms with Crippen molar-refractivity contribution in [2.24, 2.45) is 0 Å². The number of methoxy groups -OCH3 is 1. The topological polar surface area (TPSA) is 112 Å². The first-order valence-corrected chi connectivity index (χ1v) is 8.11. The number of halogens is 2. The van der Waals surface area contributed by atoms with Crippen molar-refractivity contribution < 1.29 is 4.74 Å². The minimum absolute atomic E-state index is 0.00685. The summed E-state index contributed by atoms with van der Waals surface area (Å²) in [6.07, 6.45) is 0. The molecule has 0 unspecified atom stereocenters. The van der Waals surface area contributed by atoms with Gasteiger partial charge in [-0.25, -0.2) is 9.78 Å². The zero-order chi connectivity index (χ0) is 17.6. The van der Waals surface area contributed by atoms with Crippen molar-refractivity contribution in [1.82, 2.24) is 24.5 Å². The number of aromatic nitrogens is 5. The molecule has 0 saturated carbocycles.